The van der Waals surface area contributed by atoms with Crippen LogP contribution < -0.4 is 11.1 Å². The molecule has 0 unspecified atom stereocenters. The van der Waals surface area contributed by atoms with Gasteiger partial charge in [0.2, 0.25) is 11.8 Å². The van der Waals surface area contributed by atoms with Crippen LogP contribution in [0.1, 0.15) is 31.4 Å². The SMILES string of the molecule is CCc1cnc(CNC(=O)C2(CN)CC2)o1. The minimum absolute atomic E-state index is 0.0197. The van der Waals surface area contributed by atoms with Crippen LogP contribution in [0.3, 0.4) is 0 Å². The molecule has 1 aliphatic carbocycles. The normalized spacial score (nSPS) is 17.1. The summed E-state index contributed by atoms with van der Waals surface area (Å²) in [5.74, 6) is 1.41. The standard InChI is InChI=1S/C11H17N3O2/c1-2-8-5-13-9(16-8)6-14-10(15)11(7-12)3-4-11/h5H,2-4,6-7,12H2,1H3,(H,14,15). The summed E-state index contributed by atoms with van der Waals surface area (Å²) in [6.45, 7) is 2.77. The summed E-state index contributed by atoms with van der Waals surface area (Å²) in [7, 11) is 0. The lowest BCUT2D eigenvalue weighted by atomic mass is 10.1. The van der Waals surface area contributed by atoms with Crippen molar-refractivity contribution in [2.75, 3.05) is 6.54 Å². The maximum absolute atomic E-state index is 11.7. The van der Waals surface area contributed by atoms with Gasteiger partial charge >= 0.3 is 0 Å². The molecule has 5 nitrogen and oxygen atoms in total. The lowest BCUT2D eigenvalue weighted by molar-refractivity contribution is -0.126. The van der Waals surface area contributed by atoms with Crippen molar-refractivity contribution >= 4 is 5.91 Å². The van der Waals surface area contributed by atoms with E-state index in [1.807, 2.05) is 6.92 Å². The van der Waals surface area contributed by atoms with Crippen LogP contribution in [0.25, 0.3) is 0 Å². The number of nitrogens with zero attached hydrogens (tertiary/aromatic N) is 1. The molecule has 3 N–H and O–H groups in total. The van der Waals surface area contributed by atoms with Gasteiger partial charge in [-0.15, -0.1) is 0 Å². The first-order chi connectivity index (χ1) is 7.70. The zero-order chi connectivity index (χ0) is 11.6. The highest BCUT2D eigenvalue weighted by atomic mass is 16.4. The molecule has 2 rings (SSSR count). The van der Waals surface area contributed by atoms with Gasteiger partial charge in [0.1, 0.15) is 5.76 Å². The molecule has 1 aromatic rings. The molecule has 0 saturated heterocycles. The Morgan fingerprint density at radius 3 is 2.94 bits per heavy atom. The number of aromatic nitrogens is 1. The highest BCUT2D eigenvalue weighted by Gasteiger charge is 2.48. The summed E-state index contributed by atoms with van der Waals surface area (Å²) < 4.78 is 5.39. The van der Waals surface area contributed by atoms with Crippen LogP contribution in [0, 0.1) is 5.41 Å². The Morgan fingerprint density at radius 1 is 1.69 bits per heavy atom. The third kappa shape index (κ3) is 2.09. The molecular weight excluding hydrogens is 206 g/mol. The van der Waals surface area contributed by atoms with E-state index in [4.69, 9.17) is 10.2 Å². The van der Waals surface area contributed by atoms with Gasteiger partial charge in [-0.2, -0.15) is 0 Å². The van der Waals surface area contributed by atoms with Crippen molar-refractivity contribution in [2.24, 2.45) is 11.1 Å². The molecule has 0 aliphatic heterocycles. The molecule has 1 fully saturated rings. The number of rotatable bonds is 5. The first-order valence-corrected chi connectivity index (χ1v) is 5.62. The first-order valence-electron chi connectivity index (χ1n) is 5.62. The molecule has 1 saturated carbocycles. The van der Waals surface area contributed by atoms with E-state index in [2.05, 4.69) is 10.3 Å². The van der Waals surface area contributed by atoms with Gasteiger partial charge in [-0.1, -0.05) is 6.92 Å². The maximum atomic E-state index is 11.7. The minimum Gasteiger partial charge on any atom is -0.444 e. The third-order valence-corrected chi connectivity index (χ3v) is 3.08. The molecule has 1 aliphatic rings. The first kappa shape index (κ1) is 11.1. The Balaban J connectivity index is 1.85. The lowest BCUT2D eigenvalue weighted by Gasteiger charge is -2.11. The number of nitrogens with two attached hydrogens (primary N) is 1. The van der Waals surface area contributed by atoms with Crippen molar-refractivity contribution in [1.29, 1.82) is 0 Å². The molecule has 16 heavy (non-hydrogen) atoms. The number of oxazole rings is 1. The number of aryl methyl sites for hydroxylation is 1. The molecule has 0 spiro atoms. The summed E-state index contributed by atoms with van der Waals surface area (Å²) >= 11 is 0. The van der Waals surface area contributed by atoms with Crippen molar-refractivity contribution < 1.29 is 9.21 Å². The van der Waals surface area contributed by atoms with E-state index in [0.29, 0.717) is 19.0 Å². The molecule has 1 aromatic heterocycles. The fourth-order valence-electron chi connectivity index (χ4n) is 1.61. The summed E-state index contributed by atoms with van der Waals surface area (Å²) in [6, 6.07) is 0. The van der Waals surface area contributed by atoms with Crippen molar-refractivity contribution in [3.05, 3.63) is 17.8 Å². The van der Waals surface area contributed by atoms with E-state index in [1.165, 1.54) is 0 Å². The van der Waals surface area contributed by atoms with E-state index in [-0.39, 0.29) is 11.3 Å². The van der Waals surface area contributed by atoms with E-state index >= 15 is 0 Å². The fraction of sp³-hybridized carbons (Fsp3) is 0.636. The Kier molecular flexibility index (Phi) is 2.96. The molecule has 0 atom stereocenters. The van der Waals surface area contributed by atoms with Gasteiger partial charge in [-0.25, -0.2) is 4.98 Å². The predicted molar refractivity (Wildman–Crippen MR) is 58.4 cm³/mol. The molecule has 1 amide bonds. The largest absolute Gasteiger partial charge is 0.444 e. The molecule has 0 aromatic carbocycles. The van der Waals surface area contributed by atoms with Gasteiger partial charge in [0.15, 0.2) is 0 Å². The van der Waals surface area contributed by atoms with E-state index < -0.39 is 0 Å². The smallest absolute Gasteiger partial charge is 0.227 e. The Hall–Kier alpha value is -1.36. The van der Waals surface area contributed by atoms with E-state index in [0.717, 1.165) is 25.0 Å². The van der Waals surface area contributed by atoms with Gasteiger partial charge < -0.3 is 15.5 Å². The number of hydrogen-bond donors (Lipinski definition) is 2. The summed E-state index contributed by atoms with van der Waals surface area (Å²) in [6.07, 6.45) is 4.28. The average molecular weight is 223 g/mol. The van der Waals surface area contributed by atoms with Crippen molar-refractivity contribution in [2.45, 2.75) is 32.7 Å². The fourth-order valence-corrected chi connectivity index (χ4v) is 1.61. The van der Waals surface area contributed by atoms with Crippen LogP contribution >= 0.6 is 0 Å². The monoisotopic (exact) mass is 223 g/mol. The van der Waals surface area contributed by atoms with Gasteiger partial charge in [-0.05, 0) is 12.8 Å². The molecule has 1 heterocycles. The second-order valence-electron chi connectivity index (χ2n) is 4.24. The number of carbonyl (C=O) groups excluding carboxylic acids is 1. The zero-order valence-corrected chi connectivity index (χ0v) is 9.45. The zero-order valence-electron chi connectivity index (χ0n) is 9.45. The Labute approximate surface area is 94.4 Å². The highest BCUT2D eigenvalue weighted by Crippen LogP contribution is 2.44. The number of carbonyl (C=O) groups is 1. The summed E-state index contributed by atoms with van der Waals surface area (Å²) in [5, 5.41) is 2.81. The average Bonchev–Trinajstić information content (AvgIpc) is 2.98. The molecule has 5 heteroatoms. The minimum atomic E-state index is -0.305. The molecule has 88 valence electrons. The maximum Gasteiger partial charge on any atom is 0.227 e. The van der Waals surface area contributed by atoms with Gasteiger partial charge in [-0.3, -0.25) is 4.79 Å². The summed E-state index contributed by atoms with van der Waals surface area (Å²) in [4.78, 5) is 15.8. The van der Waals surface area contributed by atoms with E-state index in [9.17, 15) is 4.79 Å². The molecule has 0 bridgehead atoms. The topological polar surface area (TPSA) is 81.2 Å². The predicted octanol–water partition coefficient (Wildman–Crippen LogP) is 0.592. The lowest BCUT2D eigenvalue weighted by Crippen LogP contribution is -2.36. The van der Waals surface area contributed by atoms with Crippen molar-refractivity contribution in [3.63, 3.8) is 0 Å². The number of amides is 1. The van der Waals surface area contributed by atoms with Crippen molar-refractivity contribution in [1.82, 2.24) is 10.3 Å². The van der Waals surface area contributed by atoms with Gasteiger partial charge in [0.25, 0.3) is 0 Å². The second kappa shape index (κ2) is 4.25. The molecular formula is C11H17N3O2. The van der Waals surface area contributed by atoms with Crippen LogP contribution in [-0.2, 0) is 17.8 Å². The number of hydrogen-bond acceptors (Lipinski definition) is 4. The highest BCUT2D eigenvalue weighted by molar-refractivity contribution is 5.85. The van der Waals surface area contributed by atoms with Crippen molar-refractivity contribution in [3.8, 4) is 0 Å². The third-order valence-electron chi connectivity index (χ3n) is 3.08. The Morgan fingerprint density at radius 2 is 2.44 bits per heavy atom. The van der Waals surface area contributed by atoms with Crippen LogP contribution in [0.15, 0.2) is 10.6 Å². The summed E-state index contributed by atoms with van der Waals surface area (Å²) in [5.41, 5.74) is 5.26. The van der Waals surface area contributed by atoms with Crippen LogP contribution in [0.2, 0.25) is 0 Å². The Bertz CT molecular complexity index is 382. The van der Waals surface area contributed by atoms with Crippen LogP contribution in [0.4, 0.5) is 0 Å². The van der Waals surface area contributed by atoms with Crippen LogP contribution in [-0.4, -0.2) is 17.4 Å². The van der Waals surface area contributed by atoms with Gasteiger partial charge in [0, 0.05) is 13.0 Å². The second-order valence-corrected chi connectivity index (χ2v) is 4.24. The van der Waals surface area contributed by atoms with E-state index in [1.54, 1.807) is 6.20 Å². The van der Waals surface area contributed by atoms with Crippen LogP contribution in [0.5, 0.6) is 0 Å². The van der Waals surface area contributed by atoms with Gasteiger partial charge in [0.05, 0.1) is 18.2 Å². The molecule has 0 radical (unpaired) electrons. The quantitative estimate of drug-likeness (QED) is 0.765. The number of nitrogens with one attached hydrogen (secondary N) is 1.